The Morgan fingerprint density at radius 2 is 2.09 bits per heavy atom. The fourth-order valence-corrected chi connectivity index (χ4v) is 1.38. The highest BCUT2D eigenvalue weighted by atomic mass is 19.4. The lowest BCUT2D eigenvalue weighted by Crippen LogP contribution is -2.17. The largest absolute Gasteiger partial charge is 0.573 e. The Balaban J connectivity index is 3.01. The van der Waals surface area contributed by atoms with E-state index in [1.165, 1.54) is 6.92 Å². The van der Waals surface area contributed by atoms with Crippen molar-refractivity contribution in [2.45, 2.75) is 20.2 Å². The summed E-state index contributed by atoms with van der Waals surface area (Å²) in [4.78, 5) is 21.3. The second-order valence-corrected chi connectivity index (χ2v) is 4.01. The summed E-state index contributed by atoms with van der Waals surface area (Å²) < 4.78 is 44.6. The minimum atomic E-state index is -4.97. The van der Waals surface area contributed by atoms with Crippen molar-refractivity contribution in [3.05, 3.63) is 28.3 Å². The van der Waals surface area contributed by atoms with E-state index in [2.05, 4.69) is 20.0 Å². The van der Waals surface area contributed by atoms with E-state index in [4.69, 9.17) is 0 Å². The fraction of sp³-hybridized carbons (Fsp3) is 0.333. The van der Waals surface area contributed by atoms with Crippen LogP contribution in [0.1, 0.15) is 13.8 Å². The van der Waals surface area contributed by atoms with Crippen molar-refractivity contribution in [1.82, 2.24) is 0 Å². The number of anilines is 1. The van der Waals surface area contributed by atoms with Gasteiger partial charge in [-0.3, -0.25) is 15.5 Å². The van der Waals surface area contributed by atoms with Crippen molar-refractivity contribution in [2.24, 2.45) is 5.10 Å². The zero-order chi connectivity index (χ0) is 17.6. The van der Waals surface area contributed by atoms with E-state index in [0.29, 0.717) is 6.07 Å². The molecule has 0 aliphatic rings. The summed E-state index contributed by atoms with van der Waals surface area (Å²) in [6.45, 7) is 3.01. The molecule has 0 bridgehead atoms. The molecule has 0 unspecified atom stereocenters. The average molecular weight is 335 g/mol. The van der Waals surface area contributed by atoms with E-state index in [-0.39, 0.29) is 18.0 Å². The summed E-state index contributed by atoms with van der Waals surface area (Å²) >= 11 is 0. The van der Waals surface area contributed by atoms with Gasteiger partial charge in [0.1, 0.15) is 17.1 Å². The van der Waals surface area contributed by atoms with Crippen LogP contribution in [0.15, 0.2) is 23.3 Å². The zero-order valence-corrected chi connectivity index (χ0v) is 12.0. The summed E-state index contributed by atoms with van der Waals surface area (Å²) in [6.07, 6.45) is -4.97. The van der Waals surface area contributed by atoms with Crippen molar-refractivity contribution < 1.29 is 32.4 Å². The molecule has 23 heavy (non-hydrogen) atoms. The van der Waals surface area contributed by atoms with Crippen molar-refractivity contribution in [3.63, 3.8) is 0 Å². The number of hydrazone groups is 1. The molecule has 0 aromatic heterocycles. The molecule has 0 saturated heterocycles. The summed E-state index contributed by atoms with van der Waals surface area (Å²) in [5.41, 5.74) is 1.20. The second-order valence-electron chi connectivity index (χ2n) is 4.01. The number of nitrogens with zero attached hydrogens (tertiary/aromatic N) is 2. The fourth-order valence-electron chi connectivity index (χ4n) is 1.38. The van der Waals surface area contributed by atoms with Gasteiger partial charge in [-0.1, -0.05) is 0 Å². The normalized spacial score (nSPS) is 11.8. The maximum atomic E-state index is 12.1. The first-order chi connectivity index (χ1) is 10.6. The molecule has 1 N–H and O–H groups in total. The van der Waals surface area contributed by atoms with Gasteiger partial charge in [0.05, 0.1) is 17.6 Å². The first-order valence-corrected chi connectivity index (χ1v) is 6.15. The van der Waals surface area contributed by atoms with Crippen LogP contribution in [0.25, 0.3) is 0 Å². The molecule has 0 aliphatic heterocycles. The topological polar surface area (TPSA) is 103 Å². The second kappa shape index (κ2) is 7.42. The van der Waals surface area contributed by atoms with Gasteiger partial charge in [0.25, 0.3) is 5.69 Å². The minimum Gasteiger partial charge on any atom is -0.461 e. The van der Waals surface area contributed by atoms with E-state index in [9.17, 15) is 28.1 Å². The van der Waals surface area contributed by atoms with Crippen LogP contribution >= 0.6 is 0 Å². The van der Waals surface area contributed by atoms with E-state index < -0.39 is 28.7 Å². The first kappa shape index (κ1) is 18.2. The lowest BCUT2D eigenvalue weighted by molar-refractivity contribution is -0.384. The van der Waals surface area contributed by atoms with Crippen LogP contribution in [0.4, 0.5) is 24.5 Å². The predicted octanol–water partition coefficient (Wildman–Crippen LogP) is 2.84. The summed E-state index contributed by atoms with van der Waals surface area (Å²) in [7, 11) is 0. The molecule has 0 atom stereocenters. The molecule has 1 aromatic carbocycles. The standard InChI is InChI=1S/C12H12F3N3O5/c1-3-22-11(19)7(2)16-17-9-5-4-8(23-12(13,14)15)6-10(9)18(20)21/h4-6,17H,3H2,1-2H3. The number of hydrogen-bond donors (Lipinski definition) is 1. The summed E-state index contributed by atoms with van der Waals surface area (Å²) in [5, 5.41) is 14.5. The monoisotopic (exact) mass is 335 g/mol. The van der Waals surface area contributed by atoms with Crippen LogP contribution in [0.3, 0.4) is 0 Å². The van der Waals surface area contributed by atoms with Crippen molar-refractivity contribution in [2.75, 3.05) is 12.0 Å². The maximum Gasteiger partial charge on any atom is 0.573 e. The molecule has 0 radical (unpaired) electrons. The molecule has 1 aromatic rings. The van der Waals surface area contributed by atoms with Gasteiger partial charge in [-0.05, 0) is 26.0 Å². The van der Waals surface area contributed by atoms with Gasteiger partial charge >= 0.3 is 12.3 Å². The molecule has 8 nitrogen and oxygen atoms in total. The molecular formula is C12H12F3N3O5. The third kappa shape index (κ3) is 5.80. The molecule has 1 rings (SSSR count). The van der Waals surface area contributed by atoms with Crippen molar-refractivity contribution >= 4 is 23.1 Å². The van der Waals surface area contributed by atoms with E-state index >= 15 is 0 Å². The van der Waals surface area contributed by atoms with Gasteiger partial charge in [0.2, 0.25) is 0 Å². The third-order valence-electron chi connectivity index (χ3n) is 2.31. The Labute approximate surface area is 128 Å². The number of hydrogen-bond acceptors (Lipinski definition) is 7. The van der Waals surface area contributed by atoms with Crippen LogP contribution in [0.5, 0.6) is 5.75 Å². The average Bonchev–Trinajstić information content (AvgIpc) is 2.43. The van der Waals surface area contributed by atoms with Crippen LogP contribution in [0.2, 0.25) is 0 Å². The number of halogens is 3. The smallest absolute Gasteiger partial charge is 0.461 e. The van der Waals surface area contributed by atoms with Gasteiger partial charge in [-0.25, -0.2) is 4.79 Å². The molecule has 0 fully saturated rings. The lowest BCUT2D eigenvalue weighted by Gasteiger charge is -2.10. The number of benzene rings is 1. The van der Waals surface area contributed by atoms with E-state index in [1.54, 1.807) is 6.92 Å². The van der Waals surface area contributed by atoms with Crippen LogP contribution in [-0.2, 0) is 9.53 Å². The van der Waals surface area contributed by atoms with Gasteiger partial charge < -0.3 is 9.47 Å². The molecule has 126 valence electrons. The molecule has 0 saturated carbocycles. The molecule has 0 aliphatic carbocycles. The number of nitrogens with one attached hydrogen (secondary N) is 1. The predicted molar refractivity (Wildman–Crippen MR) is 73.1 cm³/mol. The molecule has 0 spiro atoms. The summed E-state index contributed by atoms with van der Waals surface area (Å²) in [5.74, 6) is -1.49. The first-order valence-electron chi connectivity index (χ1n) is 6.15. The van der Waals surface area contributed by atoms with Crippen LogP contribution in [0, 0.1) is 10.1 Å². The zero-order valence-electron chi connectivity index (χ0n) is 12.0. The molecule has 0 amide bonds. The van der Waals surface area contributed by atoms with Gasteiger partial charge in [0.15, 0.2) is 0 Å². The highest BCUT2D eigenvalue weighted by Gasteiger charge is 2.32. The number of ether oxygens (including phenoxy) is 2. The highest BCUT2D eigenvalue weighted by molar-refractivity contribution is 6.35. The lowest BCUT2D eigenvalue weighted by atomic mass is 10.2. The van der Waals surface area contributed by atoms with Crippen LogP contribution in [-0.4, -0.2) is 29.6 Å². The Hall–Kier alpha value is -2.85. The quantitative estimate of drug-likeness (QED) is 0.371. The van der Waals surface area contributed by atoms with Crippen molar-refractivity contribution in [1.29, 1.82) is 0 Å². The number of esters is 1. The Bertz CT molecular complexity index is 631. The molecule has 0 heterocycles. The maximum absolute atomic E-state index is 12.1. The van der Waals surface area contributed by atoms with Gasteiger partial charge in [-0.15, -0.1) is 13.2 Å². The molecular weight excluding hydrogens is 323 g/mol. The number of carbonyl (C=O) groups excluding carboxylic acids is 1. The number of alkyl halides is 3. The third-order valence-corrected chi connectivity index (χ3v) is 2.31. The number of nitro benzene ring substituents is 1. The van der Waals surface area contributed by atoms with Gasteiger partial charge in [-0.2, -0.15) is 5.10 Å². The number of carbonyl (C=O) groups is 1. The Kier molecular flexibility index (Phi) is 5.87. The Morgan fingerprint density at radius 3 is 2.61 bits per heavy atom. The molecule has 11 heteroatoms. The highest BCUT2D eigenvalue weighted by Crippen LogP contribution is 2.31. The van der Waals surface area contributed by atoms with E-state index in [0.717, 1.165) is 12.1 Å². The minimum absolute atomic E-state index is 0.114. The SMILES string of the molecule is CCOC(=O)C(C)=NNc1ccc(OC(F)(F)F)cc1[N+](=O)[O-]. The number of nitro groups is 1. The summed E-state index contributed by atoms with van der Waals surface area (Å²) in [6, 6.07) is 2.43. The van der Waals surface area contributed by atoms with E-state index in [1.807, 2.05) is 0 Å². The van der Waals surface area contributed by atoms with Crippen molar-refractivity contribution in [3.8, 4) is 5.75 Å². The Morgan fingerprint density at radius 1 is 1.43 bits per heavy atom. The number of rotatable bonds is 6. The van der Waals surface area contributed by atoms with Gasteiger partial charge in [0, 0.05) is 0 Å². The van der Waals surface area contributed by atoms with Crippen LogP contribution < -0.4 is 10.2 Å².